The van der Waals surface area contributed by atoms with Crippen LogP contribution in [0.4, 0.5) is 0 Å². The standard InChI is InChI=1S/C56H59N3O/c1-33-25-35(3)50(36(4)26-33)39-28-44-34(2)23-24-57-51(44)45(29-39)37-15-14-16-38(27-37)46-31-42(56(11,12)13)32-48-52(46)58-53(47-30-41(55(8,9)10)19-22-49(47)60)59(48)43-20-17-40(18-21-43)54(5,6)7/h14-32,60H,1-13H3. The number of imidazole rings is 1. The Morgan fingerprint density at radius 2 is 1.08 bits per heavy atom. The maximum Gasteiger partial charge on any atom is 0.149 e. The van der Waals surface area contributed by atoms with Crippen molar-refractivity contribution >= 4 is 21.9 Å². The third-order valence-corrected chi connectivity index (χ3v) is 12.2. The first-order chi connectivity index (χ1) is 28.2. The van der Waals surface area contributed by atoms with Crippen molar-refractivity contribution < 1.29 is 5.11 Å². The number of aromatic nitrogens is 3. The van der Waals surface area contributed by atoms with Crippen molar-refractivity contribution in [3.8, 4) is 56.2 Å². The molecule has 0 atom stereocenters. The number of phenols is 1. The molecule has 2 aromatic heterocycles. The van der Waals surface area contributed by atoms with Crippen molar-refractivity contribution in [2.45, 2.75) is 106 Å². The van der Waals surface area contributed by atoms with Crippen LogP contribution in [-0.4, -0.2) is 19.6 Å². The Morgan fingerprint density at radius 1 is 0.500 bits per heavy atom. The van der Waals surface area contributed by atoms with Crippen LogP contribution in [0.2, 0.25) is 0 Å². The predicted molar refractivity (Wildman–Crippen MR) is 255 cm³/mol. The van der Waals surface area contributed by atoms with Gasteiger partial charge in [0.05, 0.1) is 22.1 Å². The van der Waals surface area contributed by atoms with Gasteiger partial charge < -0.3 is 5.11 Å². The van der Waals surface area contributed by atoms with Gasteiger partial charge in [0.25, 0.3) is 0 Å². The molecule has 0 saturated heterocycles. The highest BCUT2D eigenvalue weighted by Crippen LogP contribution is 2.43. The van der Waals surface area contributed by atoms with Crippen LogP contribution in [0.25, 0.3) is 72.4 Å². The Hall–Kier alpha value is -6.00. The van der Waals surface area contributed by atoms with Crippen molar-refractivity contribution in [3.05, 3.63) is 154 Å². The number of aromatic hydroxyl groups is 1. The van der Waals surface area contributed by atoms with Crippen LogP contribution < -0.4 is 0 Å². The molecule has 304 valence electrons. The minimum absolute atomic E-state index is 0.00607. The maximum absolute atomic E-state index is 11.6. The first kappa shape index (κ1) is 40.8. The molecule has 8 rings (SSSR count). The molecule has 4 heteroatoms. The van der Waals surface area contributed by atoms with Gasteiger partial charge in [-0.25, -0.2) is 4.98 Å². The van der Waals surface area contributed by atoms with Gasteiger partial charge in [0.1, 0.15) is 11.6 Å². The lowest BCUT2D eigenvalue weighted by Crippen LogP contribution is -2.12. The molecule has 0 spiro atoms. The third kappa shape index (κ3) is 7.42. The summed E-state index contributed by atoms with van der Waals surface area (Å²) in [5, 5.41) is 12.8. The second-order valence-corrected chi connectivity index (χ2v) is 20.1. The monoisotopic (exact) mass is 789 g/mol. The smallest absolute Gasteiger partial charge is 0.149 e. The van der Waals surface area contributed by atoms with E-state index in [2.05, 4.69) is 192 Å². The lowest BCUT2D eigenvalue weighted by Gasteiger charge is -2.22. The second kappa shape index (κ2) is 14.6. The van der Waals surface area contributed by atoms with E-state index in [4.69, 9.17) is 9.97 Å². The number of benzene rings is 6. The molecule has 2 heterocycles. The molecular formula is C56H59N3O. The van der Waals surface area contributed by atoms with Crippen LogP contribution in [0.15, 0.2) is 115 Å². The van der Waals surface area contributed by atoms with E-state index in [0.717, 1.165) is 55.4 Å². The average molecular weight is 790 g/mol. The molecule has 0 bridgehead atoms. The number of pyridine rings is 1. The molecule has 0 fully saturated rings. The Morgan fingerprint density at radius 3 is 1.70 bits per heavy atom. The molecular weight excluding hydrogens is 731 g/mol. The highest BCUT2D eigenvalue weighted by atomic mass is 16.3. The van der Waals surface area contributed by atoms with Crippen molar-refractivity contribution in [2.24, 2.45) is 0 Å². The predicted octanol–water partition coefficient (Wildman–Crippen LogP) is 15.1. The minimum Gasteiger partial charge on any atom is -0.507 e. The Kier molecular flexibility index (Phi) is 9.93. The third-order valence-electron chi connectivity index (χ3n) is 12.2. The number of nitrogens with zero attached hydrogens (tertiary/aromatic N) is 3. The molecule has 0 radical (unpaired) electrons. The van der Waals surface area contributed by atoms with Gasteiger partial charge in [0, 0.05) is 28.4 Å². The fourth-order valence-electron chi connectivity index (χ4n) is 8.81. The number of hydrogen-bond acceptors (Lipinski definition) is 3. The molecule has 4 nitrogen and oxygen atoms in total. The van der Waals surface area contributed by atoms with E-state index in [-0.39, 0.29) is 22.0 Å². The first-order valence-electron chi connectivity index (χ1n) is 21.3. The number of hydrogen-bond donors (Lipinski definition) is 1. The molecule has 0 saturated carbocycles. The number of fused-ring (bicyclic) bond motifs is 2. The molecule has 6 aromatic carbocycles. The summed E-state index contributed by atoms with van der Waals surface area (Å²) in [6.45, 7) is 28.9. The number of aryl methyl sites for hydroxylation is 4. The second-order valence-electron chi connectivity index (χ2n) is 20.1. The van der Waals surface area contributed by atoms with Gasteiger partial charge in [-0.15, -0.1) is 0 Å². The Bertz CT molecular complexity index is 2940. The molecule has 8 aromatic rings. The average Bonchev–Trinajstić information content (AvgIpc) is 3.56. The van der Waals surface area contributed by atoms with Crippen molar-refractivity contribution in [2.75, 3.05) is 0 Å². The van der Waals surface area contributed by atoms with E-state index in [0.29, 0.717) is 11.4 Å². The Balaban J connectivity index is 1.42. The van der Waals surface area contributed by atoms with E-state index >= 15 is 0 Å². The normalized spacial score (nSPS) is 12.5. The first-order valence-corrected chi connectivity index (χ1v) is 21.3. The van der Waals surface area contributed by atoms with E-state index < -0.39 is 0 Å². The molecule has 1 N–H and O–H groups in total. The molecule has 0 unspecified atom stereocenters. The maximum atomic E-state index is 11.6. The summed E-state index contributed by atoms with van der Waals surface area (Å²) in [4.78, 5) is 10.6. The van der Waals surface area contributed by atoms with Gasteiger partial charge in [0.2, 0.25) is 0 Å². The van der Waals surface area contributed by atoms with Crippen LogP contribution in [0.5, 0.6) is 5.75 Å². The zero-order valence-corrected chi connectivity index (χ0v) is 37.8. The van der Waals surface area contributed by atoms with Gasteiger partial charge in [-0.2, -0.15) is 0 Å². The van der Waals surface area contributed by atoms with Crippen molar-refractivity contribution in [3.63, 3.8) is 0 Å². The highest BCUT2D eigenvalue weighted by molar-refractivity contribution is 6.02. The van der Waals surface area contributed by atoms with E-state index in [1.54, 1.807) is 0 Å². The zero-order valence-electron chi connectivity index (χ0n) is 37.8. The lowest BCUT2D eigenvalue weighted by atomic mass is 9.84. The minimum atomic E-state index is -0.157. The molecule has 0 aliphatic rings. The van der Waals surface area contributed by atoms with Gasteiger partial charge >= 0.3 is 0 Å². The lowest BCUT2D eigenvalue weighted by molar-refractivity contribution is 0.475. The zero-order chi connectivity index (χ0) is 43.1. The van der Waals surface area contributed by atoms with E-state index in [1.807, 2.05) is 18.3 Å². The highest BCUT2D eigenvalue weighted by Gasteiger charge is 2.26. The molecule has 0 aliphatic carbocycles. The van der Waals surface area contributed by atoms with Crippen LogP contribution in [0.1, 0.15) is 101 Å². The SMILES string of the molecule is Cc1cc(C)c(-c2cc(-c3cccc(-c4cc(C(C)(C)C)cc5c4nc(-c4cc(C(C)(C)C)ccc4O)n5-c4ccc(C(C)(C)C)cc4)c3)c3nccc(C)c3c2)c(C)c1. The summed E-state index contributed by atoms with van der Waals surface area (Å²) in [7, 11) is 0. The van der Waals surface area contributed by atoms with Crippen molar-refractivity contribution in [1.29, 1.82) is 0 Å². The van der Waals surface area contributed by atoms with Gasteiger partial charge in [-0.3, -0.25) is 9.55 Å². The Labute approximate surface area is 357 Å². The van der Waals surface area contributed by atoms with Gasteiger partial charge in [-0.1, -0.05) is 116 Å². The van der Waals surface area contributed by atoms with Crippen molar-refractivity contribution in [1.82, 2.24) is 14.5 Å². The fourth-order valence-corrected chi connectivity index (χ4v) is 8.81. The van der Waals surface area contributed by atoms with Gasteiger partial charge in [-0.05, 0) is 160 Å². The molecule has 60 heavy (non-hydrogen) atoms. The van der Waals surface area contributed by atoms with Crippen LogP contribution >= 0.6 is 0 Å². The summed E-state index contributed by atoms with van der Waals surface area (Å²) < 4.78 is 2.25. The van der Waals surface area contributed by atoms with Crippen LogP contribution in [0, 0.1) is 27.7 Å². The summed E-state index contributed by atoms with van der Waals surface area (Å²) in [5.74, 6) is 0.918. The summed E-state index contributed by atoms with van der Waals surface area (Å²) in [6, 6.07) is 39.6. The molecule has 0 amide bonds. The van der Waals surface area contributed by atoms with Gasteiger partial charge in [0.15, 0.2) is 0 Å². The summed E-state index contributed by atoms with van der Waals surface area (Å²) >= 11 is 0. The number of phenolic OH excluding ortho intramolecular Hbond substituents is 1. The topological polar surface area (TPSA) is 50.9 Å². The van der Waals surface area contributed by atoms with Crippen LogP contribution in [0.3, 0.4) is 0 Å². The van der Waals surface area contributed by atoms with E-state index in [9.17, 15) is 5.11 Å². The summed E-state index contributed by atoms with van der Waals surface area (Å²) in [5.41, 5.74) is 19.7. The van der Waals surface area contributed by atoms with Crippen LogP contribution in [-0.2, 0) is 16.2 Å². The summed E-state index contributed by atoms with van der Waals surface area (Å²) in [6.07, 6.45) is 1.93. The number of rotatable bonds is 5. The van der Waals surface area contributed by atoms with E-state index in [1.165, 1.54) is 44.5 Å². The fraction of sp³-hybridized carbons (Fsp3) is 0.286. The quantitative estimate of drug-likeness (QED) is 0.189. The molecule has 0 aliphatic heterocycles. The largest absolute Gasteiger partial charge is 0.507 e.